The molecule has 0 heterocycles. The number of carbonyl (C=O) groups is 1. The molecule has 1 amide bonds. The van der Waals surface area contributed by atoms with Crippen LogP contribution in [0.2, 0.25) is 0 Å². The maximum atomic E-state index is 12.7. The number of rotatable bonds is 28. The number of likely N-dealkylation sites (N-methyl/N-ethyl adjacent to an activating group) is 1. The molecule has 0 saturated carbocycles. The van der Waals surface area contributed by atoms with Crippen molar-refractivity contribution in [2.24, 2.45) is 0 Å². The summed E-state index contributed by atoms with van der Waals surface area (Å²) in [4.78, 5) is 25.0. The molecule has 0 aliphatic rings. The van der Waals surface area contributed by atoms with Crippen LogP contribution in [0.25, 0.3) is 0 Å². The number of phosphoric ester groups is 1. The molecule has 8 nitrogen and oxygen atoms in total. The van der Waals surface area contributed by atoms with Crippen LogP contribution in [0, 0.1) is 0 Å². The summed E-state index contributed by atoms with van der Waals surface area (Å²) in [6.45, 7) is 4.30. The van der Waals surface area contributed by atoms with Crippen molar-refractivity contribution in [3.8, 4) is 0 Å². The van der Waals surface area contributed by atoms with E-state index in [1.807, 2.05) is 40.2 Å². The van der Waals surface area contributed by atoms with Gasteiger partial charge in [-0.25, -0.2) is 0 Å². The third-order valence-corrected chi connectivity index (χ3v) is 7.80. The molecular weight excluding hydrogens is 563 g/mol. The second kappa shape index (κ2) is 26.8. The number of allylic oxidation sites excluding steroid dienone is 7. The fourth-order valence-corrected chi connectivity index (χ4v) is 4.85. The highest BCUT2D eigenvalue weighted by Gasteiger charge is 2.23. The normalized spacial score (nSPS) is 15.6. The SMILES string of the molecule is C/C=C/CC/C=C/CC/C=C/C(O)C(COP(=O)([O-])OCC[N+](C)(C)C)NC(=O)CCCCCCC/C=C\CCCCC. The van der Waals surface area contributed by atoms with Gasteiger partial charge in [0, 0.05) is 6.42 Å². The third-order valence-electron chi connectivity index (χ3n) is 6.83. The van der Waals surface area contributed by atoms with Gasteiger partial charge in [-0.2, -0.15) is 0 Å². The zero-order chi connectivity index (χ0) is 32.2. The Morgan fingerprint density at radius 2 is 1.40 bits per heavy atom. The van der Waals surface area contributed by atoms with E-state index in [0.717, 1.165) is 64.2 Å². The molecule has 0 fully saturated rings. The summed E-state index contributed by atoms with van der Waals surface area (Å²) < 4.78 is 22.9. The number of hydrogen-bond donors (Lipinski definition) is 2. The molecule has 0 spiro atoms. The highest BCUT2D eigenvalue weighted by atomic mass is 31.2. The Morgan fingerprint density at radius 3 is 2.02 bits per heavy atom. The highest BCUT2D eigenvalue weighted by molar-refractivity contribution is 7.45. The standard InChI is InChI=1S/C34H63N2O6P/c1-6-8-10-12-14-16-17-18-20-22-24-26-28-34(38)35-32(31-42-43(39,40)41-30-29-36(3,4)5)33(37)27-25-23-21-19-15-13-11-9-7-2/h7,9,14-16,19,25,27,32-33,37H,6,8,10-13,17-18,20-24,26,28-31H2,1-5H3,(H-,35,38,39,40)/b9-7+,16-14-,19-15+,27-25+. The average Bonchev–Trinajstić information content (AvgIpc) is 2.94. The topological polar surface area (TPSA) is 108 Å². The van der Waals surface area contributed by atoms with Gasteiger partial charge in [-0.15, -0.1) is 0 Å². The lowest BCUT2D eigenvalue weighted by Gasteiger charge is -2.29. The van der Waals surface area contributed by atoms with Crippen LogP contribution in [-0.2, 0) is 18.4 Å². The molecule has 0 aromatic carbocycles. The van der Waals surface area contributed by atoms with Gasteiger partial charge < -0.3 is 28.8 Å². The lowest BCUT2D eigenvalue weighted by atomic mass is 10.1. The monoisotopic (exact) mass is 626 g/mol. The van der Waals surface area contributed by atoms with Crippen molar-refractivity contribution >= 4 is 13.7 Å². The Morgan fingerprint density at radius 1 is 0.837 bits per heavy atom. The number of nitrogens with one attached hydrogen (secondary N) is 1. The quantitative estimate of drug-likeness (QED) is 0.0413. The molecule has 0 bridgehead atoms. The van der Waals surface area contributed by atoms with Crippen LogP contribution < -0.4 is 10.2 Å². The van der Waals surface area contributed by atoms with E-state index in [1.54, 1.807) is 6.08 Å². The van der Waals surface area contributed by atoms with E-state index in [4.69, 9.17) is 9.05 Å². The number of unbranched alkanes of at least 4 members (excludes halogenated alkanes) is 10. The number of phosphoric acid groups is 1. The number of nitrogens with zero attached hydrogens (tertiary/aromatic N) is 1. The second-order valence-electron chi connectivity index (χ2n) is 12.2. The van der Waals surface area contributed by atoms with Gasteiger partial charge >= 0.3 is 0 Å². The first kappa shape index (κ1) is 41.5. The molecule has 0 rings (SSSR count). The molecule has 0 aromatic heterocycles. The van der Waals surface area contributed by atoms with Crippen molar-refractivity contribution in [2.75, 3.05) is 40.9 Å². The smallest absolute Gasteiger partial charge is 0.268 e. The molecule has 0 aliphatic heterocycles. The molecule has 0 aliphatic carbocycles. The molecule has 0 aromatic rings. The summed E-state index contributed by atoms with van der Waals surface area (Å²) >= 11 is 0. The highest BCUT2D eigenvalue weighted by Crippen LogP contribution is 2.38. The Balaban J connectivity index is 4.68. The van der Waals surface area contributed by atoms with Crippen LogP contribution in [0.1, 0.15) is 110 Å². The van der Waals surface area contributed by atoms with Crippen molar-refractivity contribution in [1.82, 2.24) is 5.32 Å². The summed E-state index contributed by atoms with van der Waals surface area (Å²) in [5, 5.41) is 13.5. The summed E-state index contributed by atoms with van der Waals surface area (Å²) in [6, 6.07) is -0.909. The number of hydrogen-bond acceptors (Lipinski definition) is 6. The minimum absolute atomic E-state index is 0.0126. The van der Waals surface area contributed by atoms with Gasteiger partial charge in [0.05, 0.1) is 39.9 Å². The van der Waals surface area contributed by atoms with Crippen LogP contribution in [0.15, 0.2) is 48.6 Å². The largest absolute Gasteiger partial charge is 0.756 e. The Kier molecular flexibility index (Phi) is 25.9. The summed E-state index contributed by atoms with van der Waals surface area (Å²) in [5.74, 6) is -0.230. The Labute approximate surface area is 263 Å². The molecule has 0 saturated heterocycles. The molecule has 250 valence electrons. The fourth-order valence-electron chi connectivity index (χ4n) is 4.12. The molecule has 3 unspecified atom stereocenters. The zero-order valence-electron chi connectivity index (χ0n) is 27.9. The van der Waals surface area contributed by atoms with E-state index in [0.29, 0.717) is 17.4 Å². The third kappa shape index (κ3) is 29.0. The molecule has 2 N–H and O–H groups in total. The van der Waals surface area contributed by atoms with Crippen molar-refractivity contribution in [3.63, 3.8) is 0 Å². The van der Waals surface area contributed by atoms with Crippen LogP contribution >= 0.6 is 7.82 Å². The molecule has 43 heavy (non-hydrogen) atoms. The molecular formula is C34H63N2O6P. The maximum absolute atomic E-state index is 12.7. The first-order valence-corrected chi connectivity index (χ1v) is 17.9. The van der Waals surface area contributed by atoms with E-state index in [1.165, 1.54) is 25.7 Å². The van der Waals surface area contributed by atoms with Gasteiger partial charge in [0.1, 0.15) is 13.2 Å². The van der Waals surface area contributed by atoms with E-state index in [2.05, 4.69) is 42.6 Å². The van der Waals surface area contributed by atoms with Gasteiger partial charge in [0.2, 0.25) is 5.91 Å². The van der Waals surface area contributed by atoms with E-state index < -0.39 is 26.6 Å². The van der Waals surface area contributed by atoms with Crippen molar-refractivity contribution in [2.45, 2.75) is 122 Å². The number of carbonyl (C=O) groups excluding carboxylic acids is 1. The van der Waals surface area contributed by atoms with Gasteiger partial charge in [0.15, 0.2) is 0 Å². The van der Waals surface area contributed by atoms with Gasteiger partial charge in [-0.05, 0) is 64.7 Å². The molecule has 3 atom stereocenters. The first-order chi connectivity index (χ1) is 20.5. The van der Waals surface area contributed by atoms with Crippen LogP contribution in [0.4, 0.5) is 0 Å². The van der Waals surface area contributed by atoms with Crippen molar-refractivity contribution in [1.29, 1.82) is 0 Å². The lowest BCUT2D eigenvalue weighted by molar-refractivity contribution is -0.870. The summed E-state index contributed by atoms with van der Waals surface area (Å²) in [6.07, 6.45) is 30.4. The molecule has 9 heteroatoms. The Bertz CT molecular complexity index is 850. The van der Waals surface area contributed by atoms with Crippen LogP contribution in [0.5, 0.6) is 0 Å². The number of quaternary nitrogens is 1. The minimum atomic E-state index is -4.58. The van der Waals surface area contributed by atoms with E-state index in [9.17, 15) is 19.4 Å². The van der Waals surface area contributed by atoms with E-state index >= 15 is 0 Å². The van der Waals surface area contributed by atoms with Gasteiger partial charge in [-0.3, -0.25) is 9.36 Å². The number of amides is 1. The predicted octanol–water partition coefficient (Wildman–Crippen LogP) is 7.16. The first-order valence-electron chi connectivity index (χ1n) is 16.5. The second-order valence-corrected chi connectivity index (χ2v) is 13.6. The number of aliphatic hydroxyl groups is 1. The summed E-state index contributed by atoms with van der Waals surface area (Å²) in [5.41, 5.74) is 0. The van der Waals surface area contributed by atoms with Crippen LogP contribution in [-0.4, -0.2) is 68.5 Å². The lowest BCUT2D eigenvalue weighted by Crippen LogP contribution is -2.45. The zero-order valence-corrected chi connectivity index (χ0v) is 28.8. The van der Waals surface area contributed by atoms with Gasteiger partial charge in [-0.1, -0.05) is 87.6 Å². The minimum Gasteiger partial charge on any atom is -0.756 e. The average molecular weight is 627 g/mol. The van der Waals surface area contributed by atoms with E-state index in [-0.39, 0.29) is 12.5 Å². The summed E-state index contributed by atoms with van der Waals surface area (Å²) in [7, 11) is 1.21. The van der Waals surface area contributed by atoms with Crippen molar-refractivity contribution < 1.29 is 32.9 Å². The van der Waals surface area contributed by atoms with Crippen LogP contribution in [0.3, 0.4) is 0 Å². The predicted molar refractivity (Wildman–Crippen MR) is 178 cm³/mol. The fraction of sp³-hybridized carbons (Fsp3) is 0.735. The Hall–Kier alpha value is -1.54. The molecule has 0 radical (unpaired) electrons. The maximum Gasteiger partial charge on any atom is 0.268 e. The number of aliphatic hydroxyl groups excluding tert-OH is 1. The van der Waals surface area contributed by atoms with Crippen molar-refractivity contribution in [3.05, 3.63) is 48.6 Å². The van der Waals surface area contributed by atoms with Gasteiger partial charge in [0.25, 0.3) is 7.82 Å².